The number of hydrogen-bond acceptors (Lipinski definition) is 5. The lowest BCUT2D eigenvalue weighted by Gasteiger charge is -2.09. The van der Waals surface area contributed by atoms with Crippen molar-refractivity contribution in [3.63, 3.8) is 0 Å². The van der Waals surface area contributed by atoms with Gasteiger partial charge in [0.2, 0.25) is 5.91 Å². The zero-order chi connectivity index (χ0) is 17.6. The molecule has 130 valence electrons. The van der Waals surface area contributed by atoms with Gasteiger partial charge in [-0.3, -0.25) is 19.9 Å². The van der Waals surface area contributed by atoms with Crippen molar-refractivity contribution in [3.05, 3.63) is 59.4 Å². The van der Waals surface area contributed by atoms with Gasteiger partial charge in [-0.2, -0.15) is 0 Å². The van der Waals surface area contributed by atoms with Crippen LogP contribution >= 0.6 is 11.8 Å². The van der Waals surface area contributed by atoms with Gasteiger partial charge in [-0.15, -0.1) is 0 Å². The highest BCUT2D eigenvalue weighted by Gasteiger charge is 2.31. The van der Waals surface area contributed by atoms with Gasteiger partial charge in [-0.25, -0.2) is 0 Å². The predicted molar refractivity (Wildman–Crippen MR) is 97.9 cm³/mol. The third-order valence-corrected chi connectivity index (χ3v) is 5.00. The molecule has 1 unspecified atom stereocenters. The van der Waals surface area contributed by atoms with Crippen LogP contribution in [-0.2, 0) is 24.1 Å². The first kappa shape index (κ1) is 17.5. The van der Waals surface area contributed by atoms with Crippen LogP contribution in [-0.4, -0.2) is 28.0 Å². The van der Waals surface area contributed by atoms with E-state index in [9.17, 15) is 9.59 Å². The predicted octanol–water partition coefficient (Wildman–Crippen LogP) is 3.16. The van der Waals surface area contributed by atoms with Crippen molar-refractivity contribution in [3.8, 4) is 5.75 Å². The van der Waals surface area contributed by atoms with E-state index in [0.29, 0.717) is 13.0 Å². The maximum absolute atomic E-state index is 11.6. The maximum atomic E-state index is 11.6. The van der Waals surface area contributed by atoms with Gasteiger partial charge in [-0.1, -0.05) is 36.9 Å². The molecule has 6 heteroatoms. The maximum Gasteiger partial charge on any atom is 0.286 e. The summed E-state index contributed by atoms with van der Waals surface area (Å²) >= 11 is 1.05. The Bertz CT molecular complexity index is 744. The Labute approximate surface area is 151 Å². The summed E-state index contributed by atoms with van der Waals surface area (Å²) in [6, 6.07) is 11.8. The number of carbonyl (C=O) groups excluding carboxylic acids is 2. The van der Waals surface area contributed by atoms with E-state index in [1.807, 2.05) is 36.5 Å². The van der Waals surface area contributed by atoms with Crippen molar-refractivity contribution >= 4 is 22.9 Å². The van der Waals surface area contributed by atoms with Crippen LogP contribution in [0, 0.1) is 0 Å². The molecule has 1 aromatic carbocycles. The Morgan fingerprint density at radius 2 is 1.88 bits per heavy atom. The lowest BCUT2D eigenvalue weighted by molar-refractivity contribution is -0.118. The topological polar surface area (TPSA) is 68.3 Å². The summed E-state index contributed by atoms with van der Waals surface area (Å²) in [6.07, 6.45) is 4.19. The number of imide groups is 1. The number of thioether (sulfide) groups is 1. The standard InChI is InChI=1S/C19H20N2O3S/c1-2-15-6-3-14(12-20-15)9-10-24-16-7-4-13(5-8-16)11-17-18(22)21-19(23)25-17/h3-8,12,17H,2,9-11H2,1H3,(H,21,22,23). The molecule has 0 bridgehead atoms. The molecule has 0 spiro atoms. The molecule has 25 heavy (non-hydrogen) atoms. The molecule has 2 heterocycles. The lowest BCUT2D eigenvalue weighted by atomic mass is 10.1. The van der Waals surface area contributed by atoms with Gasteiger partial charge in [-0.05, 0) is 42.2 Å². The van der Waals surface area contributed by atoms with Crippen molar-refractivity contribution in [2.75, 3.05) is 6.61 Å². The molecule has 3 rings (SSSR count). The van der Waals surface area contributed by atoms with Crippen LogP contribution in [0.25, 0.3) is 0 Å². The van der Waals surface area contributed by atoms with Gasteiger partial charge in [0, 0.05) is 18.3 Å². The van der Waals surface area contributed by atoms with Gasteiger partial charge < -0.3 is 4.74 Å². The van der Waals surface area contributed by atoms with E-state index in [2.05, 4.69) is 23.3 Å². The minimum atomic E-state index is -0.335. The molecule has 2 aromatic rings. The molecule has 1 aliphatic heterocycles. The minimum Gasteiger partial charge on any atom is -0.493 e. The Morgan fingerprint density at radius 3 is 2.48 bits per heavy atom. The van der Waals surface area contributed by atoms with E-state index in [1.54, 1.807) is 0 Å². The second-order valence-electron chi connectivity index (χ2n) is 5.84. The van der Waals surface area contributed by atoms with Crippen LogP contribution in [0.2, 0.25) is 0 Å². The van der Waals surface area contributed by atoms with E-state index in [0.717, 1.165) is 47.2 Å². The monoisotopic (exact) mass is 356 g/mol. The normalized spacial score (nSPS) is 16.8. The summed E-state index contributed by atoms with van der Waals surface area (Å²) in [5.41, 5.74) is 3.26. The number of carbonyl (C=O) groups is 2. The Kier molecular flexibility index (Phi) is 5.71. The Morgan fingerprint density at radius 1 is 1.12 bits per heavy atom. The molecular weight excluding hydrogens is 336 g/mol. The van der Waals surface area contributed by atoms with Crippen molar-refractivity contribution in [1.82, 2.24) is 10.3 Å². The number of pyridine rings is 1. The molecule has 1 aliphatic rings. The molecule has 1 fully saturated rings. The first-order chi connectivity index (χ1) is 12.1. The molecular formula is C19H20N2O3S. The molecule has 1 N–H and O–H groups in total. The van der Waals surface area contributed by atoms with Crippen molar-refractivity contribution in [2.45, 2.75) is 31.4 Å². The molecule has 5 nitrogen and oxygen atoms in total. The van der Waals surface area contributed by atoms with E-state index in [4.69, 9.17) is 4.74 Å². The third-order valence-electron chi connectivity index (χ3n) is 4.02. The number of hydrogen-bond donors (Lipinski definition) is 1. The number of nitrogens with one attached hydrogen (secondary N) is 1. The first-order valence-electron chi connectivity index (χ1n) is 8.31. The third kappa shape index (κ3) is 4.82. The second-order valence-corrected chi connectivity index (χ2v) is 7.02. The van der Waals surface area contributed by atoms with E-state index < -0.39 is 0 Å². The van der Waals surface area contributed by atoms with Crippen LogP contribution in [0.4, 0.5) is 4.79 Å². The van der Waals surface area contributed by atoms with Crippen LogP contribution in [0.3, 0.4) is 0 Å². The summed E-state index contributed by atoms with van der Waals surface area (Å²) in [4.78, 5) is 27.2. The number of rotatable bonds is 7. The summed E-state index contributed by atoms with van der Waals surface area (Å²) < 4.78 is 5.76. The quantitative estimate of drug-likeness (QED) is 0.825. The second kappa shape index (κ2) is 8.16. The number of aryl methyl sites for hydroxylation is 1. The fourth-order valence-corrected chi connectivity index (χ4v) is 3.42. The zero-order valence-electron chi connectivity index (χ0n) is 14.0. The SMILES string of the molecule is CCc1ccc(CCOc2ccc(CC3SC(=O)NC3=O)cc2)cn1. The molecule has 0 aliphatic carbocycles. The molecule has 1 aromatic heterocycles. The zero-order valence-corrected chi connectivity index (χ0v) is 14.8. The van der Waals surface area contributed by atoms with Gasteiger partial charge >= 0.3 is 0 Å². The van der Waals surface area contributed by atoms with Crippen LogP contribution in [0.1, 0.15) is 23.7 Å². The van der Waals surface area contributed by atoms with E-state index in [-0.39, 0.29) is 16.4 Å². The number of nitrogens with zero attached hydrogens (tertiary/aromatic N) is 1. The molecule has 1 atom stereocenters. The average Bonchev–Trinajstić information content (AvgIpc) is 2.94. The summed E-state index contributed by atoms with van der Waals surface area (Å²) in [7, 11) is 0. The van der Waals surface area contributed by atoms with Crippen LogP contribution in [0.5, 0.6) is 5.75 Å². The first-order valence-corrected chi connectivity index (χ1v) is 9.19. The molecule has 0 radical (unpaired) electrons. The summed E-state index contributed by atoms with van der Waals surface area (Å²) in [5, 5.41) is 1.70. The molecule has 1 saturated heterocycles. The van der Waals surface area contributed by atoms with Gasteiger partial charge in [0.1, 0.15) is 5.75 Å². The largest absolute Gasteiger partial charge is 0.493 e. The fourth-order valence-electron chi connectivity index (χ4n) is 2.56. The minimum absolute atomic E-state index is 0.210. The van der Waals surface area contributed by atoms with Gasteiger partial charge in [0.05, 0.1) is 11.9 Å². The van der Waals surface area contributed by atoms with Gasteiger partial charge in [0.15, 0.2) is 0 Å². The number of aromatic nitrogens is 1. The number of ether oxygens (including phenoxy) is 1. The molecule has 2 amide bonds. The highest BCUT2D eigenvalue weighted by molar-refractivity contribution is 8.15. The summed E-state index contributed by atoms with van der Waals surface area (Å²) in [6.45, 7) is 2.67. The highest BCUT2D eigenvalue weighted by atomic mass is 32.2. The molecule has 0 saturated carbocycles. The van der Waals surface area contributed by atoms with Gasteiger partial charge in [0.25, 0.3) is 5.24 Å². The van der Waals surface area contributed by atoms with E-state index in [1.165, 1.54) is 0 Å². The fraction of sp³-hybridized carbons (Fsp3) is 0.316. The highest BCUT2D eigenvalue weighted by Crippen LogP contribution is 2.23. The summed E-state index contributed by atoms with van der Waals surface area (Å²) in [5.74, 6) is 0.583. The van der Waals surface area contributed by atoms with Crippen molar-refractivity contribution in [2.24, 2.45) is 0 Å². The lowest BCUT2D eigenvalue weighted by Crippen LogP contribution is -2.25. The van der Waals surface area contributed by atoms with Crippen molar-refractivity contribution in [1.29, 1.82) is 0 Å². The Hall–Kier alpha value is -2.34. The van der Waals surface area contributed by atoms with E-state index >= 15 is 0 Å². The average molecular weight is 356 g/mol. The van der Waals surface area contributed by atoms with Crippen LogP contribution < -0.4 is 10.1 Å². The van der Waals surface area contributed by atoms with Crippen molar-refractivity contribution < 1.29 is 14.3 Å². The van der Waals surface area contributed by atoms with Crippen LogP contribution in [0.15, 0.2) is 42.6 Å². The number of benzene rings is 1. The number of amides is 2. The Balaban J connectivity index is 1.47. The smallest absolute Gasteiger partial charge is 0.286 e.